The molecule has 0 aliphatic carbocycles. The van der Waals surface area contributed by atoms with E-state index < -0.39 is 48.3 Å². The highest BCUT2D eigenvalue weighted by atomic mass is 32.5. The van der Waals surface area contributed by atoms with Gasteiger partial charge in [-0.05, 0) is 12.1 Å². The molecule has 0 bridgehead atoms. The molecule has 27 heavy (non-hydrogen) atoms. The molecule has 0 saturated carbocycles. The van der Waals surface area contributed by atoms with Crippen LogP contribution in [0.15, 0.2) is 30.3 Å². The molecule has 0 amide bonds. The molecular weight excluding hydrogens is 461 g/mol. The van der Waals surface area contributed by atoms with Crippen LogP contribution in [0.4, 0.5) is 22.0 Å². The molecule has 6 nitrogen and oxygen atoms in total. The zero-order valence-corrected chi connectivity index (χ0v) is 16.0. The fourth-order valence-electron chi connectivity index (χ4n) is 1.40. The highest BCUT2D eigenvalue weighted by Gasteiger charge is 2.29. The number of hydrogen-bond donors (Lipinski definition) is 4. The predicted molar refractivity (Wildman–Crippen MR) is 91.4 cm³/mol. The Balaban J connectivity index is 0.000000289. The van der Waals surface area contributed by atoms with Gasteiger partial charge in [0.2, 0.25) is 34.8 Å². The van der Waals surface area contributed by atoms with Crippen LogP contribution in [0, 0.1) is 29.1 Å². The molecule has 2 aromatic rings. The van der Waals surface area contributed by atoms with Gasteiger partial charge in [-0.25, -0.2) is 13.2 Å². The van der Waals surface area contributed by atoms with E-state index in [-0.39, 0.29) is 0 Å². The minimum absolute atomic E-state index is 0.376. The van der Waals surface area contributed by atoms with Gasteiger partial charge in [0.25, 0.3) is 0 Å². The van der Waals surface area contributed by atoms with Crippen molar-refractivity contribution in [3.8, 4) is 11.5 Å². The molecule has 0 atom stereocenters. The Morgan fingerprint density at radius 1 is 0.630 bits per heavy atom. The number of hydrogen-bond acceptors (Lipinski definition) is 4. The summed E-state index contributed by atoms with van der Waals surface area (Å²) in [7, 11) is 0. The van der Waals surface area contributed by atoms with Gasteiger partial charge < -0.3 is 28.6 Å². The third-order valence-electron chi connectivity index (χ3n) is 2.35. The Morgan fingerprint density at radius 3 is 1.37 bits per heavy atom. The SMILES string of the molecule is OP(O)(=S)Oc1c(F)c(F)c(F)c(F)c1F.OP(O)(=S)Oc1ccccc1. The summed E-state index contributed by atoms with van der Waals surface area (Å²) in [4.78, 5) is 34.6. The maximum atomic E-state index is 12.8. The van der Waals surface area contributed by atoms with Crippen molar-refractivity contribution in [1.82, 2.24) is 0 Å². The van der Waals surface area contributed by atoms with Crippen LogP contribution in [0.25, 0.3) is 0 Å². The van der Waals surface area contributed by atoms with Gasteiger partial charge in [0.05, 0.1) is 0 Å². The normalized spacial score (nSPS) is 11.4. The fourth-order valence-corrected chi connectivity index (χ4v) is 2.68. The first kappa shape index (κ1) is 23.9. The van der Waals surface area contributed by atoms with E-state index in [1.54, 1.807) is 30.3 Å². The topological polar surface area (TPSA) is 99.4 Å². The zero-order chi connectivity index (χ0) is 21.0. The maximum absolute atomic E-state index is 12.8. The van der Waals surface area contributed by atoms with Gasteiger partial charge in [-0.15, -0.1) is 0 Å². The lowest BCUT2D eigenvalue weighted by atomic mass is 10.3. The van der Waals surface area contributed by atoms with Gasteiger partial charge in [0.1, 0.15) is 5.75 Å². The van der Waals surface area contributed by atoms with Crippen molar-refractivity contribution in [3.05, 3.63) is 59.4 Å². The van der Waals surface area contributed by atoms with Crippen molar-refractivity contribution >= 4 is 37.1 Å². The molecule has 4 N–H and O–H groups in total. The summed E-state index contributed by atoms with van der Waals surface area (Å²) < 4.78 is 71.6. The second-order valence-electron chi connectivity index (χ2n) is 4.38. The van der Waals surface area contributed by atoms with Crippen LogP contribution in [-0.2, 0) is 23.6 Å². The van der Waals surface area contributed by atoms with Crippen molar-refractivity contribution in [2.24, 2.45) is 0 Å². The summed E-state index contributed by atoms with van der Waals surface area (Å²) in [6.45, 7) is -8.15. The Morgan fingerprint density at radius 2 is 1.00 bits per heavy atom. The van der Waals surface area contributed by atoms with Crippen LogP contribution < -0.4 is 9.05 Å². The average Bonchev–Trinajstić information content (AvgIpc) is 2.54. The number of rotatable bonds is 4. The van der Waals surface area contributed by atoms with Gasteiger partial charge in [-0.3, -0.25) is 0 Å². The van der Waals surface area contributed by atoms with Crippen LogP contribution in [0.3, 0.4) is 0 Å². The summed E-state index contributed by atoms with van der Waals surface area (Å²) in [5.41, 5.74) is 0. The van der Waals surface area contributed by atoms with E-state index in [1.807, 2.05) is 0 Å². The molecule has 0 spiro atoms. The van der Waals surface area contributed by atoms with Crippen molar-refractivity contribution in [2.45, 2.75) is 0 Å². The van der Waals surface area contributed by atoms with Gasteiger partial charge in [-0.1, -0.05) is 18.2 Å². The quantitative estimate of drug-likeness (QED) is 0.234. The van der Waals surface area contributed by atoms with E-state index in [0.29, 0.717) is 5.75 Å². The molecule has 0 saturated heterocycles. The highest BCUT2D eigenvalue weighted by Crippen LogP contribution is 2.42. The Kier molecular flexibility index (Phi) is 8.27. The summed E-state index contributed by atoms with van der Waals surface area (Å²) >= 11 is 8.10. The molecule has 0 aliphatic rings. The van der Waals surface area contributed by atoms with Gasteiger partial charge in [0, 0.05) is 23.6 Å². The average molecular weight is 470 g/mol. The van der Waals surface area contributed by atoms with Gasteiger partial charge >= 0.3 is 13.4 Å². The highest BCUT2D eigenvalue weighted by molar-refractivity contribution is 8.07. The summed E-state index contributed by atoms with van der Waals surface area (Å²) in [6.07, 6.45) is 0. The predicted octanol–water partition coefficient (Wildman–Crippen LogP) is 3.24. The molecule has 0 aliphatic heterocycles. The maximum Gasteiger partial charge on any atom is 0.375 e. The Hall–Kier alpha value is -1.17. The van der Waals surface area contributed by atoms with E-state index in [2.05, 4.69) is 32.7 Å². The molecule has 0 aromatic heterocycles. The monoisotopic (exact) mass is 470 g/mol. The first-order valence-electron chi connectivity index (χ1n) is 6.29. The lowest BCUT2D eigenvalue weighted by Crippen LogP contribution is -2.05. The molecule has 0 radical (unpaired) electrons. The summed E-state index contributed by atoms with van der Waals surface area (Å²) in [6, 6.07) is 8.45. The van der Waals surface area contributed by atoms with Crippen molar-refractivity contribution in [2.75, 3.05) is 0 Å². The lowest BCUT2D eigenvalue weighted by molar-refractivity contribution is 0.318. The first-order chi connectivity index (χ1) is 12.2. The Labute approximate surface area is 158 Å². The molecule has 0 fully saturated rings. The fraction of sp³-hybridized carbons (Fsp3) is 0. The Bertz CT molecular complexity index is 876. The third kappa shape index (κ3) is 7.76. The number of para-hydroxylation sites is 1. The van der Waals surface area contributed by atoms with E-state index >= 15 is 0 Å². The molecule has 0 unspecified atom stereocenters. The largest absolute Gasteiger partial charge is 0.424 e. The number of benzene rings is 2. The summed E-state index contributed by atoms with van der Waals surface area (Å²) in [5, 5.41) is 0. The second-order valence-corrected chi connectivity index (χ2v) is 9.56. The molecule has 0 heterocycles. The summed E-state index contributed by atoms with van der Waals surface area (Å²) in [5.74, 6) is -13.0. The van der Waals surface area contributed by atoms with Crippen LogP contribution in [0.1, 0.15) is 0 Å². The van der Waals surface area contributed by atoms with Crippen LogP contribution in [0.2, 0.25) is 0 Å². The van der Waals surface area contributed by atoms with E-state index in [0.717, 1.165) is 0 Å². The van der Waals surface area contributed by atoms with Crippen LogP contribution in [-0.4, -0.2) is 19.6 Å². The van der Waals surface area contributed by atoms with Crippen molar-refractivity contribution in [1.29, 1.82) is 0 Å². The van der Waals surface area contributed by atoms with Gasteiger partial charge in [-0.2, -0.15) is 8.78 Å². The zero-order valence-electron chi connectivity index (χ0n) is 12.6. The first-order valence-corrected chi connectivity index (χ1v) is 11.5. The molecule has 2 aromatic carbocycles. The molecule has 15 heteroatoms. The third-order valence-corrected chi connectivity index (χ3v) is 3.66. The van der Waals surface area contributed by atoms with E-state index in [9.17, 15) is 22.0 Å². The van der Waals surface area contributed by atoms with Crippen LogP contribution >= 0.6 is 13.4 Å². The molecule has 2 rings (SSSR count). The van der Waals surface area contributed by atoms with E-state index in [1.165, 1.54) is 0 Å². The van der Waals surface area contributed by atoms with Crippen molar-refractivity contribution in [3.63, 3.8) is 0 Å². The molecule has 150 valence electrons. The standard InChI is InChI=1S/C6H2F5O3PS.C6H7O3PS/c7-1-2(8)4(10)6(5(11)3(1)9)14-15(12,13)16;7-10(8,11)9-6-4-2-1-3-5-6/h(H2,12,13,16);1-5H,(H2,7,8,11). The smallest absolute Gasteiger partial charge is 0.375 e. The van der Waals surface area contributed by atoms with E-state index in [4.69, 9.17) is 19.6 Å². The minimum Gasteiger partial charge on any atom is -0.424 e. The van der Waals surface area contributed by atoms with Gasteiger partial charge in [0.15, 0.2) is 0 Å². The van der Waals surface area contributed by atoms with Crippen molar-refractivity contribution < 1.29 is 50.6 Å². The molecular formula is C12H9F5O6P2S2. The lowest BCUT2D eigenvalue weighted by Gasteiger charge is -2.12. The van der Waals surface area contributed by atoms with Crippen LogP contribution in [0.5, 0.6) is 11.5 Å². The second kappa shape index (κ2) is 9.35. The number of halogens is 5. The minimum atomic E-state index is -4.60.